The van der Waals surface area contributed by atoms with Gasteiger partial charge in [-0.3, -0.25) is 5.10 Å². The lowest BCUT2D eigenvalue weighted by Gasteiger charge is -2.12. The molecule has 0 aliphatic carbocycles. The molecule has 28 heavy (non-hydrogen) atoms. The number of benzene rings is 2. The molecule has 2 aromatic carbocycles. The van der Waals surface area contributed by atoms with Gasteiger partial charge < -0.3 is 9.47 Å². The molecule has 6 nitrogen and oxygen atoms in total. The average molecular weight is 421 g/mol. The molecule has 0 saturated heterocycles. The number of nitrogens with one attached hydrogen (secondary N) is 1. The van der Waals surface area contributed by atoms with Gasteiger partial charge in [-0.05, 0) is 48.1 Å². The van der Waals surface area contributed by atoms with E-state index >= 15 is 0 Å². The van der Waals surface area contributed by atoms with E-state index in [2.05, 4.69) is 15.3 Å². The molecular weight excluding hydrogens is 403 g/mol. The molecule has 0 aliphatic rings. The van der Waals surface area contributed by atoms with Gasteiger partial charge in [-0.25, -0.2) is 4.39 Å². The summed E-state index contributed by atoms with van der Waals surface area (Å²) in [5, 5.41) is 11.5. The molecule has 146 valence electrons. The molecule has 0 unspecified atom stereocenters. The Balaban J connectivity index is 1.79. The molecule has 1 heterocycles. The Hall–Kier alpha value is -2.71. The van der Waals surface area contributed by atoms with Crippen LogP contribution in [0.25, 0.3) is 0 Å². The molecule has 0 bridgehead atoms. The minimum Gasteiger partial charge on any atom is -0.493 e. The van der Waals surface area contributed by atoms with E-state index in [0.717, 1.165) is 11.4 Å². The largest absolute Gasteiger partial charge is 0.493 e. The maximum atomic E-state index is 13.9. The van der Waals surface area contributed by atoms with Crippen LogP contribution in [0, 0.1) is 10.6 Å². The summed E-state index contributed by atoms with van der Waals surface area (Å²) in [4.78, 5) is 0. The summed E-state index contributed by atoms with van der Waals surface area (Å²) in [5.74, 6) is 1.27. The van der Waals surface area contributed by atoms with E-state index in [1.165, 1.54) is 13.2 Å². The van der Waals surface area contributed by atoms with Gasteiger partial charge in [0.1, 0.15) is 12.4 Å². The molecule has 0 radical (unpaired) electrons. The van der Waals surface area contributed by atoms with Crippen LogP contribution in [0.2, 0.25) is 5.02 Å². The molecule has 0 saturated carbocycles. The van der Waals surface area contributed by atoms with Gasteiger partial charge in [0.2, 0.25) is 4.77 Å². The molecule has 9 heteroatoms. The normalized spacial score (nSPS) is 11.1. The molecule has 0 spiro atoms. The van der Waals surface area contributed by atoms with Crippen LogP contribution in [0.3, 0.4) is 0 Å². The topological polar surface area (TPSA) is 64.4 Å². The quantitative estimate of drug-likeness (QED) is 0.442. The van der Waals surface area contributed by atoms with Crippen molar-refractivity contribution < 1.29 is 13.9 Å². The highest BCUT2D eigenvalue weighted by Crippen LogP contribution is 2.29. The molecule has 3 aromatic rings. The Bertz CT molecular complexity index is 1040. The van der Waals surface area contributed by atoms with Crippen molar-refractivity contribution in [3.63, 3.8) is 0 Å². The van der Waals surface area contributed by atoms with E-state index in [4.69, 9.17) is 33.3 Å². The number of H-pyrrole nitrogens is 1. The third kappa shape index (κ3) is 4.40. The highest BCUT2D eigenvalue weighted by atomic mass is 35.5. The van der Waals surface area contributed by atoms with Crippen LogP contribution in [-0.4, -0.2) is 28.2 Å². The molecule has 0 aliphatic heterocycles. The third-order valence-corrected chi connectivity index (χ3v) is 4.60. The molecular formula is C19H18ClFN4O2S. The van der Waals surface area contributed by atoms with Gasteiger partial charge in [0.05, 0.1) is 18.3 Å². The fourth-order valence-electron chi connectivity index (χ4n) is 2.50. The Labute approximate surface area is 171 Å². The van der Waals surface area contributed by atoms with Crippen molar-refractivity contribution in [2.45, 2.75) is 20.0 Å². The van der Waals surface area contributed by atoms with Crippen molar-refractivity contribution >= 4 is 30.0 Å². The van der Waals surface area contributed by atoms with Gasteiger partial charge >= 0.3 is 0 Å². The zero-order chi connectivity index (χ0) is 20.1. The number of aryl methyl sites for hydroxylation is 1. The van der Waals surface area contributed by atoms with Crippen LogP contribution in [-0.2, 0) is 13.0 Å². The number of hydrogen-bond acceptors (Lipinski definition) is 5. The minimum absolute atomic E-state index is 0.0145. The van der Waals surface area contributed by atoms with Crippen LogP contribution in [0.1, 0.15) is 23.9 Å². The number of aromatic nitrogens is 3. The van der Waals surface area contributed by atoms with Gasteiger partial charge in [0.25, 0.3) is 0 Å². The lowest BCUT2D eigenvalue weighted by atomic mass is 10.2. The Kier molecular flexibility index (Phi) is 6.43. The van der Waals surface area contributed by atoms with Crippen molar-refractivity contribution in [3.05, 3.63) is 69.0 Å². The second-order valence-electron chi connectivity index (χ2n) is 5.75. The summed E-state index contributed by atoms with van der Waals surface area (Å²) >= 11 is 11.2. The summed E-state index contributed by atoms with van der Waals surface area (Å²) in [5.41, 5.74) is 1.07. The van der Waals surface area contributed by atoms with Gasteiger partial charge in [-0.15, -0.1) is 0 Å². The van der Waals surface area contributed by atoms with Gasteiger partial charge in [-0.2, -0.15) is 14.9 Å². The number of nitrogens with zero attached hydrogens (tertiary/aromatic N) is 3. The minimum atomic E-state index is -0.418. The highest BCUT2D eigenvalue weighted by molar-refractivity contribution is 7.71. The van der Waals surface area contributed by atoms with Crippen LogP contribution in [0.5, 0.6) is 11.5 Å². The number of aromatic amines is 1. The lowest BCUT2D eigenvalue weighted by molar-refractivity contribution is 0.280. The van der Waals surface area contributed by atoms with Crippen LogP contribution >= 0.6 is 23.8 Å². The van der Waals surface area contributed by atoms with Gasteiger partial charge in [-0.1, -0.05) is 24.6 Å². The van der Waals surface area contributed by atoms with Crippen LogP contribution in [0.4, 0.5) is 4.39 Å². The number of methoxy groups -OCH3 is 1. The monoisotopic (exact) mass is 420 g/mol. The number of rotatable bonds is 7. The van der Waals surface area contributed by atoms with Gasteiger partial charge in [0, 0.05) is 12.0 Å². The van der Waals surface area contributed by atoms with Crippen molar-refractivity contribution in [2.75, 3.05) is 7.11 Å². The SMILES string of the molecule is CCc1n[nH]c(=S)n1/N=C\c1ccc(OCc2c(F)cccc2Cl)c(OC)c1. The van der Waals surface area contributed by atoms with E-state index in [-0.39, 0.29) is 6.61 Å². The Morgan fingerprint density at radius 1 is 1.32 bits per heavy atom. The average Bonchev–Trinajstić information content (AvgIpc) is 3.06. The van der Waals surface area contributed by atoms with E-state index < -0.39 is 5.82 Å². The Morgan fingerprint density at radius 3 is 2.86 bits per heavy atom. The van der Waals surface area contributed by atoms with Crippen molar-refractivity contribution in [1.82, 2.24) is 14.9 Å². The Morgan fingerprint density at radius 2 is 2.14 bits per heavy atom. The molecule has 0 atom stereocenters. The van der Waals surface area contributed by atoms with Crippen LogP contribution < -0.4 is 9.47 Å². The zero-order valence-electron chi connectivity index (χ0n) is 15.3. The van der Waals surface area contributed by atoms with Crippen LogP contribution in [0.15, 0.2) is 41.5 Å². The first-order valence-electron chi connectivity index (χ1n) is 8.47. The molecule has 0 amide bonds. The summed E-state index contributed by atoms with van der Waals surface area (Å²) in [6, 6.07) is 9.80. The summed E-state index contributed by atoms with van der Waals surface area (Å²) < 4.78 is 27.0. The predicted molar refractivity (Wildman–Crippen MR) is 109 cm³/mol. The smallest absolute Gasteiger partial charge is 0.216 e. The number of ether oxygens (including phenoxy) is 2. The maximum Gasteiger partial charge on any atom is 0.216 e. The third-order valence-electron chi connectivity index (χ3n) is 3.98. The first-order chi connectivity index (χ1) is 13.5. The fourth-order valence-corrected chi connectivity index (χ4v) is 2.92. The lowest BCUT2D eigenvalue weighted by Crippen LogP contribution is -2.01. The first-order valence-corrected chi connectivity index (χ1v) is 9.26. The predicted octanol–water partition coefficient (Wildman–Crippen LogP) is 4.77. The maximum absolute atomic E-state index is 13.9. The van der Waals surface area contributed by atoms with Gasteiger partial charge in [0.15, 0.2) is 17.3 Å². The zero-order valence-corrected chi connectivity index (χ0v) is 16.9. The van der Waals surface area contributed by atoms with E-state index in [1.54, 1.807) is 41.2 Å². The van der Waals surface area contributed by atoms with E-state index in [0.29, 0.717) is 33.3 Å². The summed E-state index contributed by atoms with van der Waals surface area (Å²) in [7, 11) is 1.53. The highest BCUT2D eigenvalue weighted by Gasteiger charge is 2.11. The van der Waals surface area contributed by atoms with E-state index in [1.807, 2.05) is 6.92 Å². The van der Waals surface area contributed by atoms with Crippen molar-refractivity contribution in [1.29, 1.82) is 0 Å². The second kappa shape index (κ2) is 8.99. The molecule has 1 N–H and O–H groups in total. The van der Waals surface area contributed by atoms with Crippen molar-refractivity contribution in [3.8, 4) is 11.5 Å². The molecule has 1 aromatic heterocycles. The molecule has 3 rings (SSSR count). The summed E-state index contributed by atoms with van der Waals surface area (Å²) in [6.07, 6.45) is 2.34. The first kappa shape index (κ1) is 20.0. The fraction of sp³-hybridized carbons (Fsp3) is 0.211. The summed E-state index contributed by atoms with van der Waals surface area (Å²) in [6.45, 7) is 1.95. The van der Waals surface area contributed by atoms with Crippen molar-refractivity contribution in [2.24, 2.45) is 5.10 Å². The standard InChI is InChI=1S/C19H18ClFN4O2S/c1-3-18-23-24-19(28)25(18)22-10-12-7-8-16(17(9-12)26-2)27-11-13-14(20)5-4-6-15(13)21/h4-10H,3,11H2,1-2H3,(H,24,28)/b22-10-. The molecule has 0 fully saturated rings. The number of halogens is 2. The van der Waals surface area contributed by atoms with E-state index in [9.17, 15) is 4.39 Å². The number of hydrogen-bond donors (Lipinski definition) is 1. The second-order valence-corrected chi connectivity index (χ2v) is 6.55.